The Kier molecular flexibility index (Phi) is 5.83. The second-order valence-electron chi connectivity index (χ2n) is 8.85. The lowest BCUT2D eigenvalue weighted by atomic mass is 9.88. The fourth-order valence-electron chi connectivity index (χ4n) is 4.84. The number of nitrogens with zero attached hydrogens (tertiary/aromatic N) is 3. The first-order chi connectivity index (χ1) is 15.6. The third-order valence-corrected chi connectivity index (χ3v) is 6.60. The lowest BCUT2D eigenvalue weighted by molar-refractivity contribution is 0.240. The van der Waals surface area contributed by atoms with Crippen LogP contribution in [0, 0.1) is 11.6 Å². The molecule has 0 bridgehead atoms. The smallest absolute Gasteiger partial charge is 0.255 e. The van der Waals surface area contributed by atoms with Crippen LogP contribution in [0.25, 0.3) is 11.3 Å². The van der Waals surface area contributed by atoms with Crippen molar-refractivity contribution < 1.29 is 8.78 Å². The van der Waals surface area contributed by atoms with Gasteiger partial charge in [0, 0.05) is 49.8 Å². The Morgan fingerprint density at radius 3 is 2.69 bits per heavy atom. The number of fused-ring (bicyclic) bond motifs is 1. The SMILES string of the molecule is O=c1[nH]c(C2CCCCC2)nc2c1CN(Cc1ccc(-c3ccc(F)cc3F)nc1)CC2. The van der Waals surface area contributed by atoms with E-state index in [-0.39, 0.29) is 11.1 Å². The van der Waals surface area contributed by atoms with Crippen molar-refractivity contribution in [3.8, 4) is 11.3 Å². The Bertz CT molecular complexity index is 1170. The van der Waals surface area contributed by atoms with Gasteiger partial charge in [-0.25, -0.2) is 13.8 Å². The average Bonchev–Trinajstić information content (AvgIpc) is 2.81. The second kappa shape index (κ2) is 8.90. The third kappa shape index (κ3) is 4.35. The minimum absolute atomic E-state index is 0.0134. The fraction of sp³-hybridized carbons (Fsp3) is 0.400. The topological polar surface area (TPSA) is 61.9 Å². The number of H-pyrrole nitrogens is 1. The van der Waals surface area contributed by atoms with Gasteiger partial charge in [-0.1, -0.05) is 25.3 Å². The number of aromatic nitrogens is 3. The van der Waals surface area contributed by atoms with E-state index in [1.807, 2.05) is 6.07 Å². The first kappa shape index (κ1) is 20.9. The summed E-state index contributed by atoms with van der Waals surface area (Å²) in [6.07, 6.45) is 8.37. The first-order valence-corrected chi connectivity index (χ1v) is 11.3. The predicted molar refractivity (Wildman–Crippen MR) is 118 cm³/mol. The summed E-state index contributed by atoms with van der Waals surface area (Å²) in [7, 11) is 0. The van der Waals surface area contributed by atoms with Crippen LogP contribution in [0.5, 0.6) is 0 Å². The Labute approximate surface area is 185 Å². The molecule has 32 heavy (non-hydrogen) atoms. The maximum Gasteiger partial charge on any atom is 0.255 e. The van der Waals surface area contributed by atoms with Crippen molar-refractivity contribution in [3.63, 3.8) is 0 Å². The van der Waals surface area contributed by atoms with E-state index in [1.165, 1.54) is 31.4 Å². The molecule has 1 aliphatic carbocycles. The minimum Gasteiger partial charge on any atom is -0.310 e. The molecule has 1 fully saturated rings. The van der Waals surface area contributed by atoms with Gasteiger partial charge in [0.1, 0.15) is 17.5 Å². The summed E-state index contributed by atoms with van der Waals surface area (Å²) in [5.41, 5.74) is 3.39. The normalized spacial score (nSPS) is 17.3. The van der Waals surface area contributed by atoms with Crippen LogP contribution in [0.2, 0.25) is 0 Å². The number of hydrogen-bond acceptors (Lipinski definition) is 4. The molecule has 0 radical (unpaired) electrons. The number of benzene rings is 1. The van der Waals surface area contributed by atoms with E-state index in [9.17, 15) is 13.6 Å². The molecule has 2 aliphatic rings. The molecule has 1 saturated carbocycles. The van der Waals surface area contributed by atoms with Crippen molar-refractivity contribution in [3.05, 3.63) is 81.2 Å². The highest BCUT2D eigenvalue weighted by Gasteiger charge is 2.24. The molecule has 166 valence electrons. The largest absolute Gasteiger partial charge is 0.310 e. The van der Waals surface area contributed by atoms with Crippen LogP contribution < -0.4 is 5.56 Å². The first-order valence-electron chi connectivity index (χ1n) is 11.3. The van der Waals surface area contributed by atoms with Crippen molar-refractivity contribution in [2.75, 3.05) is 6.54 Å². The lowest BCUT2D eigenvalue weighted by Gasteiger charge is -2.28. The average molecular weight is 437 g/mol. The molecule has 0 saturated heterocycles. The van der Waals surface area contributed by atoms with Crippen LogP contribution >= 0.6 is 0 Å². The maximum absolute atomic E-state index is 14.0. The molecule has 5 nitrogen and oxygen atoms in total. The number of hydrogen-bond donors (Lipinski definition) is 1. The number of halogens is 2. The summed E-state index contributed by atoms with van der Waals surface area (Å²) in [6.45, 7) is 2.02. The van der Waals surface area contributed by atoms with Crippen LogP contribution in [0.1, 0.15) is 60.7 Å². The van der Waals surface area contributed by atoms with Gasteiger partial charge in [0.15, 0.2) is 0 Å². The van der Waals surface area contributed by atoms with Gasteiger partial charge in [-0.2, -0.15) is 0 Å². The Morgan fingerprint density at radius 1 is 1.09 bits per heavy atom. The van der Waals surface area contributed by atoms with Gasteiger partial charge in [-0.05, 0) is 36.6 Å². The summed E-state index contributed by atoms with van der Waals surface area (Å²) >= 11 is 0. The van der Waals surface area contributed by atoms with Crippen LogP contribution in [0.4, 0.5) is 8.78 Å². The molecule has 5 rings (SSSR count). The van der Waals surface area contributed by atoms with Gasteiger partial charge >= 0.3 is 0 Å². The van der Waals surface area contributed by atoms with Crippen molar-refractivity contribution >= 4 is 0 Å². The third-order valence-electron chi connectivity index (χ3n) is 6.60. The maximum atomic E-state index is 14.0. The van der Waals surface area contributed by atoms with Crippen molar-refractivity contribution in [1.82, 2.24) is 19.9 Å². The quantitative estimate of drug-likeness (QED) is 0.643. The van der Waals surface area contributed by atoms with E-state index in [1.54, 1.807) is 12.3 Å². The van der Waals surface area contributed by atoms with Gasteiger partial charge in [-0.15, -0.1) is 0 Å². The number of nitrogens with one attached hydrogen (secondary N) is 1. The molecular weight excluding hydrogens is 410 g/mol. The molecular formula is C25H26F2N4O. The van der Waals surface area contributed by atoms with E-state index in [4.69, 9.17) is 4.98 Å². The zero-order chi connectivity index (χ0) is 22.1. The molecule has 1 aliphatic heterocycles. The molecule has 0 atom stereocenters. The molecule has 3 aromatic rings. The Morgan fingerprint density at radius 2 is 1.94 bits per heavy atom. The van der Waals surface area contributed by atoms with Crippen LogP contribution in [-0.4, -0.2) is 26.4 Å². The molecule has 1 N–H and O–H groups in total. The van der Waals surface area contributed by atoms with Gasteiger partial charge in [0.25, 0.3) is 5.56 Å². The van der Waals surface area contributed by atoms with E-state index in [2.05, 4.69) is 14.9 Å². The number of pyridine rings is 1. The standard InChI is InChI=1S/C25H26F2N4O/c26-18-7-8-19(21(27)12-18)22-9-6-16(13-28-22)14-31-11-10-23-20(15-31)25(32)30-24(29-23)17-4-2-1-3-5-17/h6-9,12-13,17H,1-5,10-11,14-15H2,(H,29,30,32). The summed E-state index contributed by atoms with van der Waals surface area (Å²) < 4.78 is 27.2. The number of aromatic amines is 1. The molecule has 3 heterocycles. The van der Waals surface area contributed by atoms with E-state index < -0.39 is 11.6 Å². The van der Waals surface area contributed by atoms with E-state index >= 15 is 0 Å². The summed E-state index contributed by atoms with van der Waals surface area (Å²) in [6, 6.07) is 7.13. The van der Waals surface area contributed by atoms with Crippen LogP contribution in [0.3, 0.4) is 0 Å². The summed E-state index contributed by atoms with van der Waals surface area (Å²) in [5, 5.41) is 0. The van der Waals surface area contributed by atoms with Crippen molar-refractivity contribution in [1.29, 1.82) is 0 Å². The predicted octanol–water partition coefficient (Wildman–Crippen LogP) is 4.72. The van der Waals surface area contributed by atoms with Gasteiger partial charge in [0.05, 0.1) is 17.0 Å². The summed E-state index contributed by atoms with van der Waals surface area (Å²) in [4.78, 5) is 27.2. The van der Waals surface area contributed by atoms with Gasteiger partial charge in [0.2, 0.25) is 0 Å². The summed E-state index contributed by atoms with van der Waals surface area (Å²) in [5.74, 6) is 0.0193. The minimum atomic E-state index is -0.628. The van der Waals surface area contributed by atoms with Gasteiger partial charge in [-0.3, -0.25) is 14.7 Å². The Hall–Kier alpha value is -2.93. The monoisotopic (exact) mass is 436 g/mol. The van der Waals surface area contributed by atoms with E-state index in [0.717, 1.165) is 54.5 Å². The van der Waals surface area contributed by atoms with E-state index in [0.29, 0.717) is 24.7 Å². The zero-order valence-corrected chi connectivity index (χ0v) is 17.9. The van der Waals surface area contributed by atoms with Crippen LogP contribution in [0.15, 0.2) is 41.3 Å². The molecule has 0 spiro atoms. The number of rotatable bonds is 4. The lowest BCUT2D eigenvalue weighted by Crippen LogP contribution is -2.36. The zero-order valence-electron chi connectivity index (χ0n) is 17.9. The van der Waals surface area contributed by atoms with Crippen molar-refractivity contribution in [2.24, 2.45) is 0 Å². The molecule has 0 amide bonds. The van der Waals surface area contributed by atoms with Gasteiger partial charge < -0.3 is 4.98 Å². The fourth-order valence-corrected chi connectivity index (χ4v) is 4.84. The Balaban J connectivity index is 1.28. The van der Waals surface area contributed by atoms with Crippen molar-refractivity contribution in [2.45, 2.75) is 57.5 Å². The highest BCUT2D eigenvalue weighted by atomic mass is 19.1. The molecule has 1 aromatic carbocycles. The molecule has 0 unspecified atom stereocenters. The van der Waals surface area contributed by atoms with Crippen LogP contribution in [-0.2, 0) is 19.5 Å². The molecule has 7 heteroatoms. The highest BCUT2D eigenvalue weighted by molar-refractivity contribution is 5.59. The second-order valence-corrected chi connectivity index (χ2v) is 8.85. The molecule has 2 aromatic heterocycles. The highest BCUT2D eigenvalue weighted by Crippen LogP contribution is 2.31.